The van der Waals surface area contributed by atoms with Crippen molar-refractivity contribution in [2.75, 3.05) is 0 Å². The van der Waals surface area contributed by atoms with E-state index < -0.39 is 12.1 Å². The minimum Gasteiger partial charge on any atom is -0.479 e. The summed E-state index contributed by atoms with van der Waals surface area (Å²) in [4.78, 5) is 24.7. The minimum atomic E-state index is -0.785. The third kappa shape index (κ3) is 5.94. The topological polar surface area (TPSA) is 64.6 Å². The van der Waals surface area contributed by atoms with Gasteiger partial charge in [-0.3, -0.25) is 4.79 Å². The summed E-state index contributed by atoms with van der Waals surface area (Å²) in [6.07, 6.45) is -0.785. The number of carbonyl (C=O) groups is 2. The largest absolute Gasteiger partial charge is 0.479 e. The van der Waals surface area contributed by atoms with Gasteiger partial charge in [0.15, 0.2) is 6.10 Å². The standard InChI is InChI=1S/C24H23NO4/c1-17-8-6-12-21(14-17)28-18(2)24(27)29-22-13-7-11-20(15-22)23(26)25-16-19-9-4-3-5-10-19/h3-15,18H,16H2,1-2H3,(H,25,26). The molecule has 0 aromatic heterocycles. The summed E-state index contributed by atoms with van der Waals surface area (Å²) >= 11 is 0. The molecule has 0 aliphatic rings. The van der Waals surface area contributed by atoms with Crippen molar-refractivity contribution in [2.24, 2.45) is 0 Å². The maximum Gasteiger partial charge on any atom is 0.352 e. The zero-order chi connectivity index (χ0) is 20.6. The highest BCUT2D eigenvalue weighted by molar-refractivity contribution is 5.94. The second kappa shape index (κ2) is 9.55. The number of ether oxygens (including phenoxy) is 2. The van der Waals surface area contributed by atoms with Gasteiger partial charge in [0.25, 0.3) is 5.91 Å². The highest BCUT2D eigenvalue weighted by Gasteiger charge is 2.18. The van der Waals surface area contributed by atoms with Crippen LogP contribution in [0.15, 0.2) is 78.9 Å². The molecule has 0 aliphatic heterocycles. The summed E-state index contributed by atoms with van der Waals surface area (Å²) in [5.74, 6) is 0.120. The Bertz CT molecular complexity index is 985. The molecule has 5 heteroatoms. The first kappa shape index (κ1) is 20.1. The van der Waals surface area contributed by atoms with Crippen molar-refractivity contribution in [3.63, 3.8) is 0 Å². The zero-order valence-electron chi connectivity index (χ0n) is 16.4. The van der Waals surface area contributed by atoms with Gasteiger partial charge < -0.3 is 14.8 Å². The van der Waals surface area contributed by atoms with Crippen LogP contribution in [0.1, 0.15) is 28.4 Å². The van der Waals surface area contributed by atoms with Crippen molar-refractivity contribution in [3.05, 3.63) is 95.6 Å². The number of aryl methyl sites for hydroxylation is 1. The van der Waals surface area contributed by atoms with Crippen LogP contribution in [0.25, 0.3) is 0 Å². The second-order valence-corrected chi connectivity index (χ2v) is 6.69. The van der Waals surface area contributed by atoms with Crippen LogP contribution in [0.2, 0.25) is 0 Å². The molecule has 0 radical (unpaired) electrons. The maximum atomic E-state index is 12.4. The quantitative estimate of drug-likeness (QED) is 0.483. The molecule has 3 aromatic carbocycles. The van der Waals surface area contributed by atoms with E-state index in [1.165, 1.54) is 6.07 Å². The fraction of sp³-hybridized carbons (Fsp3) is 0.167. The molecular formula is C24H23NO4. The summed E-state index contributed by atoms with van der Waals surface area (Å²) in [6, 6.07) is 23.6. The number of hydrogen-bond donors (Lipinski definition) is 1. The summed E-state index contributed by atoms with van der Waals surface area (Å²) in [6.45, 7) is 4.00. The molecule has 1 N–H and O–H groups in total. The molecule has 3 rings (SSSR count). The molecule has 148 valence electrons. The van der Waals surface area contributed by atoms with Gasteiger partial charge in [0, 0.05) is 12.1 Å². The number of nitrogens with one attached hydrogen (secondary N) is 1. The van der Waals surface area contributed by atoms with Gasteiger partial charge in [-0.1, -0.05) is 48.5 Å². The zero-order valence-corrected chi connectivity index (χ0v) is 16.4. The van der Waals surface area contributed by atoms with Gasteiger partial charge in [0.2, 0.25) is 0 Å². The Kier molecular flexibility index (Phi) is 6.63. The lowest BCUT2D eigenvalue weighted by molar-refractivity contribution is -0.141. The van der Waals surface area contributed by atoms with Crippen LogP contribution in [-0.4, -0.2) is 18.0 Å². The Balaban J connectivity index is 1.58. The number of carbonyl (C=O) groups excluding carboxylic acids is 2. The molecule has 0 fully saturated rings. The Morgan fingerprint density at radius 3 is 2.38 bits per heavy atom. The average molecular weight is 389 g/mol. The molecule has 0 saturated heterocycles. The van der Waals surface area contributed by atoms with Crippen LogP contribution >= 0.6 is 0 Å². The van der Waals surface area contributed by atoms with Crippen LogP contribution in [0.5, 0.6) is 11.5 Å². The third-order valence-electron chi connectivity index (χ3n) is 4.24. The van der Waals surface area contributed by atoms with Crippen molar-refractivity contribution in [3.8, 4) is 11.5 Å². The predicted molar refractivity (Wildman–Crippen MR) is 111 cm³/mol. The fourth-order valence-electron chi connectivity index (χ4n) is 2.72. The van der Waals surface area contributed by atoms with E-state index in [0.717, 1.165) is 11.1 Å². The van der Waals surface area contributed by atoms with Crippen molar-refractivity contribution >= 4 is 11.9 Å². The highest BCUT2D eigenvalue weighted by atomic mass is 16.6. The van der Waals surface area contributed by atoms with Crippen molar-refractivity contribution in [1.82, 2.24) is 5.32 Å². The molecule has 1 atom stereocenters. The SMILES string of the molecule is Cc1cccc(OC(C)C(=O)Oc2cccc(C(=O)NCc3ccccc3)c2)c1. The van der Waals surface area contributed by atoms with E-state index in [4.69, 9.17) is 9.47 Å². The molecule has 3 aromatic rings. The first-order valence-electron chi connectivity index (χ1n) is 9.38. The van der Waals surface area contributed by atoms with Gasteiger partial charge >= 0.3 is 5.97 Å². The lowest BCUT2D eigenvalue weighted by Gasteiger charge is -2.14. The molecular weight excluding hydrogens is 366 g/mol. The molecule has 1 unspecified atom stereocenters. The van der Waals surface area contributed by atoms with Crippen molar-refractivity contribution in [2.45, 2.75) is 26.5 Å². The van der Waals surface area contributed by atoms with E-state index in [-0.39, 0.29) is 5.91 Å². The molecule has 0 spiro atoms. The van der Waals surface area contributed by atoms with Gasteiger partial charge in [0.05, 0.1) is 0 Å². The lowest BCUT2D eigenvalue weighted by Crippen LogP contribution is -2.28. The molecule has 0 heterocycles. The summed E-state index contributed by atoms with van der Waals surface area (Å²) < 4.78 is 11.0. The second-order valence-electron chi connectivity index (χ2n) is 6.69. The fourth-order valence-corrected chi connectivity index (χ4v) is 2.72. The van der Waals surface area contributed by atoms with E-state index in [9.17, 15) is 9.59 Å². The Morgan fingerprint density at radius 2 is 1.62 bits per heavy atom. The molecule has 0 saturated carbocycles. The monoisotopic (exact) mass is 389 g/mol. The summed E-state index contributed by atoms with van der Waals surface area (Å²) in [5, 5.41) is 2.85. The van der Waals surface area contributed by atoms with Gasteiger partial charge in [-0.05, 0) is 55.3 Å². The average Bonchev–Trinajstić information content (AvgIpc) is 2.73. The smallest absolute Gasteiger partial charge is 0.352 e. The van der Waals surface area contributed by atoms with Gasteiger partial charge in [-0.15, -0.1) is 0 Å². The molecule has 0 aliphatic carbocycles. The van der Waals surface area contributed by atoms with Crippen LogP contribution in [0, 0.1) is 6.92 Å². The highest BCUT2D eigenvalue weighted by Crippen LogP contribution is 2.17. The van der Waals surface area contributed by atoms with Crippen molar-refractivity contribution < 1.29 is 19.1 Å². The molecule has 0 bridgehead atoms. The van der Waals surface area contributed by atoms with E-state index in [2.05, 4.69) is 5.32 Å². The predicted octanol–water partition coefficient (Wildman–Crippen LogP) is 4.30. The Hall–Kier alpha value is -3.60. The van der Waals surface area contributed by atoms with Gasteiger partial charge in [-0.2, -0.15) is 0 Å². The Morgan fingerprint density at radius 1 is 0.897 bits per heavy atom. The first-order valence-corrected chi connectivity index (χ1v) is 9.38. The van der Waals surface area contributed by atoms with Gasteiger partial charge in [0.1, 0.15) is 11.5 Å². The van der Waals surface area contributed by atoms with Gasteiger partial charge in [-0.25, -0.2) is 4.79 Å². The van der Waals surface area contributed by atoms with Crippen LogP contribution in [0.4, 0.5) is 0 Å². The number of amides is 1. The lowest BCUT2D eigenvalue weighted by atomic mass is 10.2. The molecule has 1 amide bonds. The van der Waals surface area contributed by atoms with Crippen molar-refractivity contribution in [1.29, 1.82) is 0 Å². The summed E-state index contributed by atoms with van der Waals surface area (Å²) in [7, 11) is 0. The van der Waals surface area contributed by atoms with E-state index in [1.807, 2.05) is 55.5 Å². The number of esters is 1. The van der Waals surface area contributed by atoms with Crippen LogP contribution in [0.3, 0.4) is 0 Å². The number of benzene rings is 3. The maximum absolute atomic E-state index is 12.4. The van der Waals surface area contributed by atoms with E-state index in [1.54, 1.807) is 31.2 Å². The first-order chi connectivity index (χ1) is 14.0. The normalized spacial score (nSPS) is 11.4. The summed E-state index contributed by atoms with van der Waals surface area (Å²) in [5.41, 5.74) is 2.46. The third-order valence-corrected chi connectivity index (χ3v) is 4.24. The van der Waals surface area contributed by atoms with E-state index >= 15 is 0 Å². The van der Waals surface area contributed by atoms with Crippen LogP contribution < -0.4 is 14.8 Å². The molecule has 29 heavy (non-hydrogen) atoms. The van der Waals surface area contributed by atoms with Crippen LogP contribution in [-0.2, 0) is 11.3 Å². The van der Waals surface area contributed by atoms with E-state index in [0.29, 0.717) is 23.6 Å². The minimum absolute atomic E-state index is 0.240. The Labute approximate surface area is 170 Å². The molecule has 5 nitrogen and oxygen atoms in total. The number of hydrogen-bond acceptors (Lipinski definition) is 4. The number of rotatable bonds is 7.